The molecule has 130 valence electrons. The van der Waals surface area contributed by atoms with E-state index in [0.29, 0.717) is 19.5 Å². The molecule has 3 aromatic rings. The number of hydrogen-bond acceptors (Lipinski definition) is 4. The van der Waals surface area contributed by atoms with Crippen LogP contribution in [0, 0.1) is 6.92 Å². The van der Waals surface area contributed by atoms with Crippen LogP contribution in [0.1, 0.15) is 23.2 Å². The largest absolute Gasteiger partial charge is 0.352 e. The summed E-state index contributed by atoms with van der Waals surface area (Å²) in [5.74, 6) is -0.0556. The van der Waals surface area contributed by atoms with Crippen molar-refractivity contribution in [2.24, 2.45) is 0 Å². The molecule has 0 saturated heterocycles. The van der Waals surface area contributed by atoms with Crippen LogP contribution in [0.5, 0.6) is 0 Å². The molecule has 0 aliphatic carbocycles. The zero-order valence-electron chi connectivity index (χ0n) is 14.0. The molecule has 1 aromatic carbocycles. The molecule has 0 radical (unpaired) electrons. The monoisotopic (exact) mass is 356 g/mol. The topological polar surface area (TPSA) is 68.9 Å². The Balaban J connectivity index is 1.46. The molecule has 1 N–H and O–H groups in total. The van der Waals surface area contributed by atoms with Gasteiger partial charge in [0.25, 0.3) is 0 Å². The summed E-state index contributed by atoms with van der Waals surface area (Å²) in [5, 5.41) is 4.71. The zero-order chi connectivity index (χ0) is 17.6. The molecule has 0 spiro atoms. The van der Waals surface area contributed by atoms with Crippen LogP contribution in [0.4, 0.5) is 0 Å². The van der Waals surface area contributed by atoms with Gasteiger partial charge in [-0.2, -0.15) is 0 Å². The third kappa shape index (κ3) is 4.67. The highest BCUT2D eigenvalue weighted by Crippen LogP contribution is 2.07. The first-order chi connectivity index (χ1) is 12.1. The zero-order valence-corrected chi connectivity index (χ0v) is 14.8. The van der Waals surface area contributed by atoms with Gasteiger partial charge in [0.1, 0.15) is 0 Å². The molecule has 25 heavy (non-hydrogen) atoms. The lowest BCUT2D eigenvalue weighted by atomic mass is 10.1. The van der Waals surface area contributed by atoms with Crippen molar-refractivity contribution in [2.75, 3.05) is 0 Å². The van der Waals surface area contributed by atoms with Crippen molar-refractivity contribution in [3.05, 3.63) is 74.9 Å². The number of nitrogens with zero attached hydrogens (tertiary/aromatic N) is 3. The number of nitrogens with one attached hydrogen (secondary N) is 1. The van der Waals surface area contributed by atoms with Gasteiger partial charge in [-0.15, -0.1) is 0 Å². The highest BCUT2D eigenvalue weighted by molar-refractivity contribution is 7.07. The molecule has 2 heterocycles. The molecular weight excluding hydrogens is 336 g/mol. The van der Waals surface area contributed by atoms with Crippen LogP contribution < -0.4 is 10.2 Å². The minimum atomic E-state index is -0.0556. The lowest BCUT2D eigenvalue weighted by Gasteiger charge is -2.08. The van der Waals surface area contributed by atoms with Gasteiger partial charge in [-0.25, -0.2) is 4.98 Å². The second-order valence-electron chi connectivity index (χ2n) is 5.87. The second-order valence-corrected chi connectivity index (χ2v) is 6.69. The fraction of sp³-hybridized carbons (Fsp3) is 0.278. The van der Waals surface area contributed by atoms with Crippen LogP contribution >= 0.6 is 11.3 Å². The summed E-state index contributed by atoms with van der Waals surface area (Å²) in [6.45, 7) is 3.56. The second kappa shape index (κ2) is 7.94. The van der Waals surface area contributed by atoms with Gasteiger partial charge < -0.3 is 14.5 Å². The smallest absolute Gasteiger partial charge is 0.307 e. The van der Waals surface area contributed by atoms with E-state index >= 15 is 0 Å². The van der Waals surface area contributed by atoms with E-state index in [9.17, 15) is 9.59 Å². The quantitative estimate of drug-likeness (QED) is 0.705. The van der Waals surface area contributed by atoms with E-state index in [1.54, 1.807) is 17.1 Å². The number of carbonyl (C=O) groups is 1. The normalized spacial score (nSPS) is 10.8. The van der Waals surface area contributed by atoms with Crippen LogP contribution in [0.3, 0.4) is 0 Å². The number of aromatic nitrogens is 3. The van der Waals surface area contributed by atoms with E-state index in [4.69, 9.17) is 0 Å². The number of amides is 1. The molecule has 0 bridgehead atoms. The van der Waals surface area contributed by atoms with Crippen molar-refractivity contribution in [1.29, 1.82) is 0 Å². The van der Waals surface area contributed by atoms with E-state index in [1.807, 2.05) is 35.2 Å². The minimum Gasteiger partial charge on any atom is -0.352 e. The van der Waals surface area contributed by atoms with E-state index in [0.717, 1.165) is 17.8 Å². The third-order valence-electron chi connectivity index (χ3n) is 3.98. The summed E-state index contributed by atoms with van der Waals surface area (Å²) in [5.41, 5.74) is 3.13. The van der Waals surface area contributed by atoms with Crippen molar-refractivity contribution in [2.45, 2.75) is 33.0 Å². The summed E-state index contributed by atoms with van der Waals surface area (Å²) in [6.07, 6.45) is 5.77. The van der Waals surface area contributed by atoms with E-state index in [-0.39, 0.29) is 10.8 Å². The van der Waals surface area contributed by atoms with Crippen molar-refractivity contribution in [3.63, 3.8) is 0 Å². The van der Waals surface area contributed by atoms with Gasteiger partial charge in [-0.05, 0) is 18.1 Å². The molecule has 0 atom stereocenters. The summed E-state index contributed by atoms with van der Waals surface area (Å²) < 4.78 is 3.64. The molecule has 0 saturated carbocycles. The first kappa shape index (κ1) is 17.2. The van der Waals surface area contributed by atoms with Gasteiger partial charge in [0.05, 0.1) is 6.33 Å². The predicted molar refractivity (Wildman–Crippen MR) is 97.6 cm³/mol. The third-order valence-corrected chi connectivity index (χ3v) is 4.86. The molecule has 2 aromatic heterocycles. The predicted octanol–water partition coefficient (Wildman–Crippen LogP) is 2.17. The number of hydrogen-bond donors (Lipinski definition) is 1. The van der Waals surface area contributed by atoms with Gasteiger partial charge in [0, 0.05) is 49.5 Å². The molecule has 6 nitrogen and oxygen atoms in total. The number of thiazole rings is 1. The average molecular weight is 356 g/mol. The molecule has 0 aliphatic heterocycles. The summed E-state index contributed by atoms with van der Waals surface area (Å²) in [7, 11) is 0. The SMILES string of the molecule is Cc1csc(=O)n1CCC(=O)NCc1ccc(Cn2ccnc2)cc1. The summed E-state index contributed by atoms with van der Waals surface area (Å²) in [6, 6.07) is 8.13. The Morgan fingerprint density at radius 1 is 1.24 bits per heavy atom. The van der Waals surface area contributed by atoms with Crippen LogP contribution in [0.15, 0.2) is 53.2 Å². The maximum absolute atomic E-state index is 12.0. The van der Waals surface area contributed by atoms with Gasteiger partial charge in [-0.3, -0.25) is 9.59 Å². The van der Waals surface area contributed by atoms with Gasteiger partial charge in [-0.1, -0.05) is 35.6 Å². The number of aryl methyl sites for hydroxylation is 1. The fourth-order valence-corrected chi connectivity index (χ4v) is 3.29. The van der Waals surface area contributed by atoms with E-state index in [2.05, 4.69) is 22.4 Å². The average Bonchev–Trinajstić information content (AvgIpc) is 3.23. The number of benzene rings is 1. The van der Waals surface area contributed by atoms with Crippen molar-refractivity contribution < 1.29 is 4.79 Å². The Labute approximate surface area is 149 Å². The van der Waals surface area contributed by atoms with Crippen molar-refractivity contribution >= 4 is 17.2 Å². The van der Waals surface area contributed by atoms with E-state index < -0.39 is 0 Å². The fourth-order valence-electron chi connectivity index (χ4n) is 2.53. The minimum absolute atomic E-state index is 0.0150. The Morgan fingerprint density at radius 3 is 2.64 bits per heavy atom. The molecule has 3 rings (SSSR count). The lowest BCUT2D eigenvalue weighted by Crippen LogP contribution is -2.26. The highest BCUT2D eigenvalue weighted by Gasteiger charge is 2.06. The van der Waals surface area contributed by atoms with Crippen LogP contribution in [0.2, 0.25) is 0 Å². The Hall–Kier alpha value is -2.67. The Kier molecular flexibility index (Phi) is 5.45. The van der Waals surface area contributed by atoms with Gasteiger partial charge >= 0.3 is 4.87 Å². The summed E-state index contributed by atoms with van der Waals surface area (Å²) in [4.78, 5) is 27.6. The number of imidazole rings is 1. The molecule has 0 fully saturated rings. The van der Waals surface area contributed by atoms with Gasteiger partial charge in [0.15, 0.2) is 0 Å². The first-order valence-electron chi connectivity index (χ1n) is 8.07. The highest BCUT2D eigenvalue weighted by atomic mass is 32.1. The number of rotatable bonds is 7. The maximum atomic E-state index is 12.0. The molecule has 1 amide bonds. The molecule has 0 unspecified atom stereocenters. The van der Waals surface area contributed by atoms with Crippen LogP contribution in [0.25, 0.3) is 0 Å². The van der Waals surface area contributed by atoms with E-state index in [1.165, 1.54) is 16.9 Å². The van der Waals surface area contributed by atoms with Crippen molar-refractivity contribution in [3.8, 4) is 0 Å². The summed E-state index contributed by atoms with van der Waals surface area (Å²) >= 11 is 1.17. The lowest BCUT2D eigenvalue weighted by molar-refractivity contribution is -0.121. The van der Waals surface area contributed by atoms with Crippen LogP contribution in [-0.4, -0.2) is 20.0 Å². The van der Waals surface area contributed by atoms with Crippen molar-refractivity contribution in [1.82, 2.24) is 19.4 Å². The number of carbonyl (C=O) groups excluding carboxylic acids is 1. The molecular formula is C18H20N4O2S. The first-order valence-corrected chi connectivity index (χ1v) is 8.95. The maximum Gasteiger partial charge on any atom is 0.307 e. The van der Waals surface area contributed by atoms with Gasteiger partial charge in [0.2, 0.25) is 5.91 Å². The molecule has 0 aliphatic rings. The Morgan fingerprint density at radius 2 is 2.00 bits per heavy atom. The molecule has 7 heteroatoms. The standard InChI is InChI=1S/C18H20N4O2S/c1-14-12-25-18(24)22(14)8-6-17(23)20-10-15-2-4-16(5-3-15)11-21-9-7-19-13-21/h2-5,7,9,12-13H,6,8,10-11H2,1H3,(H,20,23). The Bertz CT molecular complexity index is 879. The van der Waals surface area contributed by atoms with Crippen LogP contribution in [-0.2, 0) is 24.4 Å².